The first kappa shape index (κ1) is 15.4. The Labute approximate surface area is 111 Å². The molecule has 1 amide bonds. The maximum absolute atomic E-state index is 11.5. The summed E-state index contributed by atoms with van der Waals surface area (Å²) >= 11 is 0. The van der Waals surface area contributed by atoms with Crippen molar-refractivity contribution < 1.29 is 22.7 Å². The maximum atomic E-state index is 11.5. The number of hydrogen-bond acceptors (Lipinski definition) is 5. The lowest BCUT2D eigenvalue weighted by atomic mass is 10.3. The van der Waals surface area contributed by atoms with Gasteiger partial charge in [-0.1, -0.05) is 0 Å². The number of benzene rings is 1. The standard InChI is InChI=1S/C11H16N2O5S/c1-3-18-7-11(14)13-9-6-8(17-2)4-5-10(9)19(12,15)16/h4-6H,3,7H2,1-2H3,(H,13,14)(H2,12,15,16). The van der Waals surface area contributed by atoms with Crippen molar-refractivity contribution in [3.63, 3.8) is 0 Å². The van der Waals surface area contributed by atoms with E-state index in [9.17, 15) is 13.2 Å². The average molecular weight is 288 g/mol. The third kappa shape index (κ3) is 4.51. The van der Waals surface area contributed by atoms with Crippen LogP contribution >= 0.6 is 0 Å². The summed E-state index contributed by atoms with van der Waals surface area (Å²) in [4.78, 5) is 11.4. The maximum Gasteiger partial charge on any atom is 0.250 e. The zero-order valence-corrected chi connectivity index (χ0v) is 11.5. The Bertz CT molecular complexity index is 556. The molecule has 1 aromatic rings. The van der Waals surface area contributed by atoms with Crippen LogP contribution < -0.4 is 15.2 Å². The number of rotatable bonds is 6. The number of carbonyl (C=O) groups excluding carboxylic acids is 1. The monoisotopic (exact) mass is 288 g/mol. The summed E-state index contributed by atoms with van der Waals surface area (Å²) in [5.41, 5.74) is 0.0616. The molecule has 8 heteroatoms. The van der Waals surface area contributed by atoms with Crippen molar-refractivity contribution in [2.45, 2.75) is 11.8 Å². The molecule has 0 aromatic heterocycles. The lowest BCUT2D eigenvalue weighted by Crippen LogP contribution is -2.21. The van der Waals surface area contributed by atoms with E-state index in [0.717, 1.165) is 0 Å². The number of sulfonamides is 1. The zero-order chi connectivity index (χ0) is 14.5. The highest BCUT2D eigenvalue weighted by Crippen LogP contribution is 2.25. The van der Waals surface area contributed by atoms with Crippen molar-refractivity contribution in [2.75, 3.05) is 25.6 Å². The normalized spacial score (nSPS) is 11.1. The number of hydrogen-bond donors (Lipinski definition) is 2. The average Bonchev–Trinajstić information content (AvgIpc) is 2.34. The molecule has 106 valence electrons. The van der Waals surface area contributed by atoms with Crippen LogP contribution in [0.1, 0.15) is 6.92 Å². The fraction of sp³-hybridized carbons (Fsp3) is 0.364. The van der Waals surface area contributed by atoms with Gasteiger partial charge in [0.2, 0.25) is 15.9 Å². The number of amides is 1. The Hall–Kier alpha value is -1.64. The number of nitrogens with two attached hydrogens (primary N) is 1. The summed E-state index contributed by atoms with van der Waals surface area (Å²) in [7, 11) is -2.51. The number of nitrogens with one attached hydrogen (secondary N) is 1. The first-order valence-electron chi connectivity index (χ1n) is 5.47. The summed E-state index contributed by atoms with van der Waals surface area (Å²) in [5.74, 6) is -0.0703. The van der Waals surface area contributed by atoms with Gasteiger partial charge >= 0.3 is 0 Å². The Balaban J connectivity index is 3.05. The third-order valence-electron chi connectivity index (χ3n) is 2.20. The predicted octanol–water partition coefficient (Wildman–Crippen LogP) is 0.318. The third-order valence-corrected chi connectivity index (χ3v) is 3.17. The molecular formula is C11H16N2O5S. The lowest BCUT2D eigenvalue weighted by molar-refractivity contribution is -0.120. The van der Waals surface area contributed by atoms with E-state index in [1.165, 1.54) is 25.3 Å². The Kier molecular flexibility index (Phi) is 5.28. The van der Waals surface area contributed by atoms with E-state index in [1.807, 2.05) is 0 Å². The van der Waals surface area contributed by atoms with Gasteiger partial charge in [0.1, 0.15) is 17.3 Å². The molecule has 0 aliphatic heterocycles. The molecule has 0 saturated carbocycles. The Morgan fingerprint density at radius 2 is 2.11 bits per heavy atom. The van der Waals surface area contributed by atoms with E-state index in [0.29, 0.717) is 12.4 Å². The van der Waals surface area contributed by atoms with Crippen LogP contribution in [0.2, 0.25) is 0 Å². The number of primary sulfonamides is 1. The van der Waals surface area contributed by atoms with Crippen LogP contribution in [0.15, 0.2) is 23.1 Å². The molecule has 0 bridgehead atoms. The molecule has 1 rings (SSSR count). The van der Waals surface area contributed by atoms with Gasteiger partial charge in [0.05, 0.1) is 12.8 Å². The highest BCUT2D eigenvalue weighted by Gasteiger charge is 2.16. The molecule has 0 saturated heterocycles. The smallest absolute Gasteiger partial charge is 0.250 e. The van der Waals surface area contributed by atoms with Crippen LogP contribution in [0.5, 0.6) is 5.75 Å². The van der Waals surface area contributed by atoms with Gasteiger partial charge in [-0.2, -0.15) is 0 Å². The first-order chi connectivity index (χ1) is 8.88. The van der Waals surface area contributed by atoms with Crippen LogP contribution in [-0.4, -0.2) is 34.6 Å². The van der Waals surface area contributed by atoms with Crippen LogP contribution in [0.25, 0.3) is 0 Å². The predicted molar refractivity (Wildman–Crippen MR) is 69.5 cm³/mol. The fourth-order valence-electron chi connectivity index (χ4n) is 1.36. The topological polar surface area (TPSA) is 108 Å². The van der Waals surface area contributed by atoms with Crippen LogP contribution in [0, 0.1) is 0 Å². The van der Waals surface area contributed by atoms with E-state index < -0.39 is 15.9 Å². The number of anilines is 1. The fourth-order valence-corrected chi connectivity index (χ4v) is 2.04. The molecule has 0 radical (unpaired) electrons. The minimum absolute atomic E-state index is 0.0616. The van der Waals surface area contributed by atoms with Gasteiger partial charge in [-0.15, -0.1) is 0 Å². The highest BCUT2D eigenvalue weighted by molar-refractivity contribution is 7.89. The molecule has 0 atom stereocenters. The summed E-state index contributed by atoms with van der Waals surface area (Å²) in [6.45, 7) is 1.96. The van der Waals surface area contributed by atoms with Gasteiger partial charge in [-0.25, -0.2) is 13.6 Å². The summed E-state index contributed by atoms with van der Waals surface area (Å²) < 4.78 is 32.7. The lowest BCUT2D eigenvalue weighted by Gasteiger charge is -2.11. The van der Waals surface area contributed by atoms with Crippen molar-refractivity contribution >= 4 is 21.6 Å². The van der Waals surface area contributed by atoms with Gasteiger partial charge in [-0.3, -0.25) is 4.79 Å². The minimum Gasteiger partial charge on any atom is -0.497 e. The van der Waals surface area contributed by atoms with Crippen molar-refractivity contribution in [1.82, 2.24) is 0 Å². The van der Waals surface area contributed by atoms with Crippen molar-refractivity contribution in [2.24, 2.45) is 5.14 Å². The van der Waals surface area contributed by atoms with Crippen LogP contribution in [0.3, 0.4) is 0 Å². The van der Waals surface area contributed by atoms with Gasteiger partial charge < -0.3 is 14.8 Å². The van der Waals surface area contributed by atoms with Crippen molar-refractivity contribution in [1.29, 1.82) is 0 Å². The molecule has 0 spiro atoms. The van der Waals surface area contributed by atoms with Crippen LogP contribution in [-0.2, 0) is 19.6 Å². The summed E-state index contributed by atoms with van der Waals surface area (Å²) in [6, 6.07) is 4.09. The van der Waals surface area contributed by atoms with E-state index in [-0.39, 0.29) is 17.2 Å². The number of carbonyl (C=O) groups is 1. The quantitative estimate of drug-likeness (QED) is 0.783. The van der Waals surface area contributed by atoms with Crippen molar-refractivity contribution in [3.05, 3.63) is 18.2 Å². The second kappa shape index (κ2) is 6.50. The molecule has 0 heterocycles. The van der Waals surface area contributed by atoms with Crippen molar-refractivity contribution in [3.8, 4) is 5.75 Å². The van der Waals surface area contributed by atoms with E-state index in [4.69, 9.17) is 14.6 Å². The largest absolute Gasteiger partial charge is 0.497 e. The second-order valence-electron chi connectivity index (χ2n) is 3.59. The minimum atomic E-state index is -3.94. The number of methoxy groups -OCH3 is 1. The molecule has 3 N–H and O–H groups in total. The van der Waals surface area contributed by atoms with E-state index in [2.05, 4.69) is 5.32 Å². The second-order valence-corrected chi connectivity index (χ2v) is 5.12. The molecule has 0 fully saturated rings. The summed E-state index contributed by atoms with van der Waals surface area (Å²) in [6.07, 6.45) is 0. The Morgan fingerprint density at radius 3 is 2.63 bits per heavy atom. The molecule has 1 aromatic carbocycles. The van der Waals surface area contributed by atoms with E-state index in [1.54, 1.807) is 6.92 Å². The van der Waals surface area contributed by atoms with Gasteiger partial charge in [0.15, 0.2) is 0 Å². The van der Waals surface area contributed by atoms with Gasteiger partial charge in [-0.05, 0) is 19.1 Å². The van der Waals surface area contributed by atoms with Crippen LogP contribution in [0.4, 0.5) is 5.69 Å². The zero-order valence-electron chi connectivity index (χ0n) is 10.7. The highest BCUT2D eigenvalue weighted by atomic mass is 32.2. The molecule has 0 aliphatic rings. The van der Waals surface area contributed by atoms with E-state index >= 15 is 0 Å². The molecular weight excluding hydrogens is 272 g/mol. The SMILES string of the molecule is CCOCC(=O)Nc1cc(OC)ccc1S(N)(=O)=O. The molecule has 19 heavy (non-hydrogen) atoms. The molecule has 0 unspecified atom stereocenters. The first-order valence-corrected chi connectivity index (χ1v) is 7.01. The van der Waals surface area contributed by atoms with Gasteiger partial charge in [0.25, 0.3) is 0 Å². The molecule has 7 nitrogen and oxygen atoms in total. The molecule has 0 aliphatic carbocycles. The number of ether oxygens (including phenoxy) is 2. The Morgan fingerprint density at radius 1 is 1.42 bits per heavy atom. The van der Waals surface area contributed by atoms with Gasteiger partial charge in [0, 0.05) is 12.7 Å². The summed E-state index contributed by atoms with van der Waals surface area (Å²) in [5, 5.41) is 7.50.